The van der Waals surface area contributed by atoms with Crippen molar-refractivity contribution in [1.29, 1.82) is 0 Å². The number of rotatable bonds is 4. The monoisotopic (exact) mass is 213 g/mol. The largest absolute Gasteiger partial charge is 0.467 e. The lowest BCUT2D eigenvalue weighted by molar-refractivity contribution is -0.160. The van der Waals surface area contributed by atoms with Gasteiger partial charge < -0.3 is 15.2 Å². The number of esters is 1. The standard InChI is InChI=1S/C11H19NO3/c1-11(14,10(13)15-2)8-12-9-6-4-3-5-7-9/h3-4,9,12,14H,5-8H2,1-2H3. The van der Waals surface area contributed by atoms with Crippen LogP contribution in [0.4, 0.5) is 0 Å². The number of carbonyl (C=O) groups excluding carboxylic acids is 1. The summed E-state index contributed by atoms with van der Waals surface area (Å²) < 4.78 is 4.51. The molecule has 86 valence electrons. The van der Waals surface area contributed by atoms with Crippen molar-refractivity contribution >= 4 is 5.97 Å². The molecule has 0 aromatic heterocycles. The molecule has 2 atom stereocenters. The van der Waals surface area contributed by atoms with Gasteiger partial charge in [-0.2, -0.15) is 0 Å². The van der Waals surface area contributed by atoms with E-state index in [1.54, 1.807) is 0 Å². The van der Waals surface area contributed by atoms with Gasteiger partial charge in [0.25, 0.3) is 0 Å². The number of hydrogen-bond donors (Lipinski definition) is 2. The first-order valence-corrected chi connectivity index (χ1v) is 5.25. The van der Waals surface area contributed by atoms with E-state index in [2.05, 4.69) is 22.2 Å². The van der Waals surface area contributed by atoms with Crippen molar-refractivity contribution in [3.8, 4) is 0 Å². The third-order valence-electron chi connectivity index (χ3n) is 2.63. The van der Waals surface area contributed by atoms with E-state index in [0.29, 0.717) is 6.04 Å². The maximum Gasteiger partial charge on any atom is 0.338 e. The lowest BCUT2D eigenvalue weighted by Crippen LogP contribution is -2.48. The molecule has 15 heavy (non-hydrogen) atoms. The van der Waals surface area contributed by atoms with E-state index in [0.717, 1.165) is 19.3 Å². The molecule has 0 spiro atoms. The van der Waals surface area contributed by atoms with E-state index in [-0.39, 0.29) is 6.54 Å². The average molecular weight is 213 g/mol. The van der Waals surface area contributed by atoms with Gasteiger partial charge in [-0.15, -0.1) is 0 Å². The van der Waals surface area contributed by atoms with Crippen LogP contribution >= 0.6 is 0 Å². The maximum absolute atomic E-state index is 11.2. The molecule has 0 radical (unpaired) electrons. The molecule has 2 unspecified atom stereocenters. The predicted octanol–water partition coefficient (Wildman–Crippen LogP) is 0.609. The molecular formula is C11H19NO3. The molecule has 0 fully saturated rings. The summed E-state index contributed by atoms with van der Waals surface area (Å²) in [6.45, 7) is 1.70. The van der Waals surface area contributed by atoms with Gasteiger partial charge >= 0.3 is 5.97 Å². The molecule has 0 aromatic rings. The zero-order valence-corrected chi connectivity index (χ0v) is 9.32. The molecule has 4 heteroatoms. The van der Waals surface area contributed by atoms with Gasteiger partial charge in [-0.3, -0.25) is 0 Å². The topological polar surface area (TPSA) is 58.6 Å². The number of methoxy groups -OCH3 is 1. The molecule has 2 N–H and O–H groups in total. The van der Waals surface area contributed by atoms with E-state index in [9.17, 15) is 9.90 Å². The van der Waals surface area contributed by atoms with Crippen LogP contribution in [-0.2, 0) is 9.53 Å². The van der Waals surface area contributed by atoms with Crippen molar-refractivity contribution in [2.24, 2.45) is 0 Å². The first-order valence-electron chi connectivity index (χ1n) is 5.25. The Morgan fingerprint density at radius 1 is 1.67 bits per heavy atom. The molecule has 0 saturated carbocycles. The lowest BCUT2D eigenvalue weighted by atomic mass is 10.0. The molecule has 0 amide bonds. The molecule has 1 rings (SSSR count). The highest BCUT2D eigenvalue weighted by atomic mass is 16.5. The second kappa shape index (κ2) is 5.28. The fourth-order valence-corrected chi connectivity index (χ4v) is 1.61. The Balaban J connectivity index is 2.35. The molecular weight excluding hydrogens is 194 g/mol. The number of hydrogen-bond acceptors (Lipinski definition) is 4. The van der Waals surface area contributed by atoms with Crippen molar-refractivity contribution in [2.45, 2.75) is 37.8 Å². The Hall–Kier alpha value is -0.870. The van der Waals surface area contributed by atoms with E-state index in [4.69, 9.17) is 0 Å². The van der Waals surface area contributed by atoms with Gasteiger partial charge in [-0.25, -0.2) is 4.79 Å². The van der Waals surface area contributed by atoms with Crippen LogP contribution < -0.4 is 5.32 Å². The summed E-state index contributed by atoms with van der Waals surface area (Å²) in [5.41, 5.74) is -1.43. The van der Waals surface area contributed by atoms with Crippen LogP contribution in [0.5, 0.6) is 0 Å². The van der Waals surface area contributed by atoms with Crippen LogP contribution in [0.25, 0.3) is 0 Å². The van der Waals surface area contributed by atoms with Crippen LogP contribution in [0, 0.1) is 0 Å². The Bertz CT molecular complexity index is 248. The van der Waals surface area contributed by atoms with Crippen molar-refractivity contribution < 1.29 is 14.6 Å². The minimum Gasteiger partial charge on any atom is -0.467 e. The number of aliphatic hydroxyl groups is 1. The zero-order valence-electron chi connectivity index (χ0n) is 9.32. The number of carbonyl (C=O) groups is 1. The predicted molar refractivity (Wildman–Crippen MR) is 57.4 cm³/mol. The molecule has 0 saturated heterocycles. The number of nitrogens with one attached hydrogen (secondary N) is 1. The Kier molecular flexibility index (Phi) is 4.29. The summed E-state index contributed by atoms with van der Waals surface area (Å²) in [6, 6.07) is 0.353. The van der Waals surface area contributed by atoms with Gasteiger partial charge in [-0.05, 0) is 26.2 Å². The SMILES string of the molecule is COC(=O)C(C)(O)CNC1CC=CCC1. The summed E-state index contributed by atoms with van der Waals surface area (Å²) in [5.74, 6) is -0.596. The molecule has 4 nitrogen and oxygen atoms in total. The van der Waals surface area contributed by atoms with Crippen LogP contribution in [0.3, 0.4) is 0 Å². The summed E-state index contributed by atoms with van der Waals surface area (Å²) in [7, 11) is 1.28. The van der Waals surface area contributed by atoms with Gasteiger partial charge in [0.05, 0.1) is 7.11 Å². The number of ether oxygens (including phenoxy) is 1. The van der Waals surface area contributed by atoms with Gasteiger partial charge in [-0.1, -0.05) is 12.2 Å². The van der Waals surface area contributed by atoms with E-state index < -0.39 is 11.6 Å². The van der Waals surface area contributed by atoms with Crippen LogP contribution in [0.2, 0.25) is 0 Å². The Morgan fingerprint density at radius 2 is 2.40 bits per heavy atom. The maximum atomic E-state index is 11.2. The molecule has 1 aliphatic carbocycles. The highest BCUT2D eigenvalue weighted by Crippen LogP contribution is 2.12. The zero-order chi connectivity index (χ0) is 11.3. The highest BCUT2D eigenvalue weighted by molar-refractivity contribution is 5.78. The van der Waals surface area contributed by atoms with Gasteiger partial charge in [0.15, 0.2) is 5.60 Å². The fraction of sp³-hybridized carbons (Fsp3) is 0.727. The second-order valence-corrected chi connectivity index (χ2v) is 4.13. The van der Waals surface area contributed by atoms with E-state index >= 15 is 0 Å². The van der Waals surface area contributed by atoms with Crippen molar-refractivity contribution in [1.82, 2.24) is 5.32 Å². The Labute approximate surface area is 90.3 Å². The summed E-state index contributed by atoms with van der Waals surface area (Å²) >= 11 is 0. The highest BCUT2D eigenvalue weighted by Gasteiger charge is 2.31. The molecule has 1 aliphatic rings. The van der Waals surface area contributed by atoms with Gasteiger partial charge in [0, 0.05) is 12.6 Å². The molecule has 0 bridgehead atoms. The van der Waals surface area contributed by atoms with Gasteiger partial charge in [0.2, 0.25) is 0 Å². The summed E-state index contributed by atoms with van der Waals surface area (Å²) in [4.78, 5) is 11.2. The first kappa shape index (κ1) is 12.2. The third-order valence-corrected chi connectivity index (χ3v) is 2.63. The van der Waals surface area contributed by atoms with Crippen molar-refractivity contribution in [3.63, 3.8) is 0 Å². The van der Waals surface area contributed by atoms with Crippen molar-refractivity contribution in [2.75, 3.05) is 13.7 Å². The van der Waals surface area contributed by atoms with Gasteiger partial charge in [0.1, 0.15) is 0 Å². The summed E-state index contributed by atoms with van der Waals surface area (Å²) in [6.07, 6.45) is 7.33. The average Bonchev–Trinajstić information content (AvgIpc) is 2.27. The second-order valence-electron chi connectivity index (χ2n) is 4.13. The van der Waals surface area contributed by atoms with Crippen LogP contribution in [-0.4, -0.2) is 36.4 Å². The van der Waals surface area contributed by atoms with Crippen molar-refractivity contribution in [3.05, 3.63) is 12.2 Å². The third kappa shape index (κ3) is 3.64. The van der Waals surface area contributed by atoms with E-state index in [1.165, 1.54) is 14.0 Å². The number of allylic oxidation sites excluding steroid dienone is 1. The molecule has 0 heterocycles. The normalized spacial score (nSPS) is 24.6. The van der Waals surface area contributed by atoms with Crippen LogP contribution in [0.1, 0.15) is 26.2 Å². The smallest absolute Gasteiger partial charge is 0.338 e. The minimum absolute atomic E-state index is 0.234. The van der Waals surface area contributed by atoms with Crippen LogP contribution in [0.15, 0.2) is 12.2 Å². The molecule has 0 aliphatic heterocycles. The Morgan fingerprint density at radius 3 is 2.93 bits per heavy atom. The summed E-state index contributed by atoms with van der Waals surface area (Å²) in [5, 5.41) is 12.9. The fourth-order valence-electron chi connectivity index (χ4n) is 1.61. The van der Waals surface area contributed by atoms with E-state index in [1.807, 2.05) is 0 Å². The lowest BCUT2D eigenvalue weighted by Gasteiger charge is -2.25. The molecule has 0 aromatic carbocycles. The quantitative estimate of drug-likeness (QED) is 0.530. The first-order chi connectivity index (χ1) is 7.06. The minimum atomic E-state index is -1.43.